The Morgan fingerprint density at radius 1 is 0.892 bits per heavy atom. The predicted octanol–water partition coefficient (Wildman–Crippen LogP) is 7.05. The summed E-state index contributed by atoms with van der Waals surface area (Å²) in [6, 6.07) is 15.3. The zero-order chi connectivity index (χ0) is 25.4. The molecule has 0 spiro atoms. The summed E-state index contributed by atoms with van der Waals surface area (Å²) in [5.74, 6) is -0.799. The van der Waals surface area contributed by atoms with Crippen LogP contribution in [-0.4, -0.2) is 38.6 Å². The van der Waals surface area contributed by atoms with E-state index in [1.165, 1.54) is 34.7 Å². The van der Waals surface area contributed by atoms with Crippen LogP contribution in [0.15, 0.2) is 65.4 Å². The van der Waals surface area contributed by atoms with Crippen molar-refractivity contribution in [3.63, 3.8) is 0 Å². The zero-order valence-electron chi connectivity index (χ0n) is 20.9. The minimum Gasteiger partial charge on any atom is -0.676 e. The van der Waals surface area contributed by atoms with Gasteiger partial charge in [-0.25, -0.2) is 0 Å². The number of aromatic nitrogens is 2. The molecule has 0 amide bonds. The first-order valence-corrected chi connectivity index (χ1v) is 12.5. The van der Waals surface area contributed by atoms with Gasteiger partial charge in [-0.3, -0.25) is 14.8 Å². The number of hydrogen-bond donors (Lipinski definition) is 1. The number of rotatable bonds is 2. The maximum absolute atomic E-state index is 10.2. The number of pyridine rings is 2. The van der Waals surface area contributed by atoms with Crippen LogP contribution in [-0.2, 0) is 32.3 Å². The van der Waals surface area contributed by atoms with Gasteiger partial charge in [0, 0.05) is 27.6 Å². The molecule has 2 heterocycles. The Balaban J connectivity index is 0.000000288. The summed E-state index contributed by atoms with van der Waals surface area (Å²) in [5.41, 5.74) is 20.0. The van der Waals surface area contributed by atoms with Crippen molar-refractivity contribution in [2.45, 2.75) is 58.0 Å². The number of carboxylic acid groups (broad SMARTS) is 1. The molecule has 4 aromatic rings. The number of aliphatic carboxylic acids is 1. The Morgan fingerprint density at radius 3 is 1.70 bits per heavy atom. The van der Waals surface area contributed by atoms with Crippen LogP contribution in [0.3, 0.4) is 0 Å². The summed E-state index contributed by atoms with van der Waals surface area (Å²) in [6.45, 7) is 4.29. The summed E-state index contributed by atoms with van der Waals surface area (Å²) in [4.78, 5) is 19.1. The van der Waals surface area contributed by atoms with Crippen LogP contribution < -0.4 is 0 Å². The van der Waals surface area contributed by atoms with E-state index in [9.17, 15) is 4.79 Å². The smallest absolute Gasteiger partial charge is 0.676 e. The van der Waals surface area contributed by atoms with Gasteiger partial charge in [-0.1, -0.05) is 65.9 Å². The van der Waals surface area contributed by atoms with Gasteiger partial charge in [-0.15, -0.1) is 0 Å². The zero-order valence-corrected chi connectivity index (χ0v) is 24.8. The molecular formula is C28H33BrN4O3Pt. The van der Waals surface area contributed by atoms with Gasteiger partial charge < -0.3 is 22.1 Å². The molecule has 1 aliphatic rings. The second-order valence-corrected chi connectivity index (χ2v) is 9.66. The molecule has 200 valence electrons. The van der Waals surface area contributed by atoms with Crippen LogP contribution in [0.2, 0.25) is 0 Å². The summed E-state index contributed by atoms with van der Waals surface area (Å²) in [7, 11) is 0. The molecule has 5 rings (SSSR count). The Hall–Kier alpha value is -2.22. The summed E-state index contributed by atoms with van der Waals surface area (Å²) < 4.78 is 0.964. The van der Waals surface area contributed by atoms with Gasteiger partial charge in [0.05, 0.1) is 17.5 Å². The van der Waals surface area contributed by atoms with E-state index in [0.717, 1.165) is 33.9 Å². The van der Waals surface area contributed by atoms with E-state index < -0.39 is 5.97 Å². The van der Waals surface area contributed by atoms with E-state index in [4.69, 9.17) is 16.6 Å². The van der Waals surface area contributed by atoms with E-state index in [0.29, 0.717) is 0 Å². The van der Waals surface area contributed by atoms with Crippen molar-refractivity contribution in [2.24, 2.45) is 0 Å². The number of fused-ring (bicyclic) bond motifs is 3. The molecule has 5 N–H and O–H groups in total. The first kappa shape index (κ1) is 32.8. The Morgan fingerprint density at radius 2 is 1.32 bits per heavy atom. The van der Waals surface area contributed by atoms with Gasteiger partial charge in [0.15, 0.2) is 0 Å². The molecule has 2 atom stereocenters. The predicted molar refractivity (Wildman–Crippen MR) is 150 cm³/mol. The van der Waals surface area contributed by atoms with E-state index >= 15 is 0 Å². The molecule has 1 fully saturated rings. The number of nitrogens with one attached hydrogen (secondary N) is 2. The standard InChI is InChI=1S/C14H12N2.C8H7BrO2.C6H12N2.H2O.Pt/c1-9-10(2)12-6-4-8-16-14(12)13-11(9)5-3-7-15-13;9-7-3-1-6(2-4-7)5-8(10)11;7-5-3-1-2-4-6(5)8;;/h3-8H,1-2H3;1-4H,5H2,(H,10,11);5-8H,1-4H2;1H2;/q;;-2;;+2/t;;5-,6?;;/m..0../s1. The third-order valence-electron chi connectivity index (χ3n) is 6.24. The maximum Gasteiger partial charge on any atom is 2.00 e. The Bertz CT molecular complexity index is 1220. The fraction of sp³-hybridized carbons (Fsp3) is 0.321. The molecule has 7 nitrogen and oxygen atoms in total. The minimum absolute atomic E-state index is 0. The quantitative estimate of drug-likeness (QED) is 0.219. The van der Waals surface area contributed by atoms with Gasteiger partial charge in [0.25, 0.3) is 0 Å². The van der Waals surface area contributed by atoms with Crippen molar-refractivity contribution < 1.29 is 36.4 Å². The van der Waals surface area contributed by atoms with Crippen molar-refractivity contribution >= 4 is 43.7 Å². The van der Waals surface area contributed by atoms with E-state index in [-0.39, 0.29) is 45.0 Å². The fourth-order valence-corrected chi connectivity index (χ4v) is 4.37. The molecule has 0 aliphatic heterocycles. The number of carbonyl (C=O) groups is 1. The van der Waals surface area contributed by atoms with Crippen LogP contribution in [0, 0.1) is 13.8 Å². The molecular weight excluding hydrogens is 715 g/mol. The summed E-state index contributed by atoms with van der Waals surface area (Å²) >= 11 is 3.26. The Labute approximate surface area is 240 Å². The topological polar surface area (TPSA) is 142 Å². The Kier molecular flexibility index (Phi) is 14.1. The van der Waals surface area contributed by atoms with Gasteiger partial charge in [0.1, 0.15) is 0 Å². The largest absolute Gasteiger partial charge is 2.00 e. The van der Waals surface area contributed by atoms with E-state index in [1.54, 1.807) is 12.1 Å². The van der Waals surface area contributed by atoms with Crippen molar-refractivity contribution in [3.8, 4) is 0 Å². The monoisotopic (exact) mass is 747 g/mol. The number of nitrogens with zero attached hydrogens (tertiary/aromatic N) is 2. The molecule has 0 radical (unpaired) electrons. The van der Waals surface area contributed by atoms with Gasteiger partial charge >= 0.3 is 27.0 Å². The van der Waals surface area contributed by atoms with Crippen LogP contribution in [0.25, 0.3) is 33.3 Å². The average molecular weight is 749 g/mol. The number of carboxylic acids is 1. The van der Waals surface area contributed by atoms with Gasteiger partial charge in [-0.2, -0.15) is 12.1 Å². The summed E-state index contributed by atoms with van der Waals surface area (Å²) in [5, 5.41) is 10.8. The molecule has 2 aromatic carbocycles. The number of benzene rings is 2. The van der Waals surface area contributed by atoms with Gasteiger partial charge in [-0.05, 0) is 54.8 Å². The van der Waals surface area contributed by atoms with E-state index in [1.807, 2.05) is 36.7 Å². The van der Waals surface area contributed by atoms with Crippen molar-refractivity contribution in [3.05, 3.63) is 93.6 Å². The fourth-order valence-electron chi connectivity index (χ4n) is 4.10. The van der Waals surface area contributed by atoms with Crippen LogP contribution in [0.5, 0.6) is 0 Å². The van der Waals surface area contributed by atoms with E-state index in [2.05, 4.69) is 51.9 Å². The number of halogens is 1. The summed E-state index contributed by atoms with van der Waals surface area (Å²) in [6.07, 6.45) is 7.99. The van der Waals surface area contributed by atoms with Crippen molar-refractivity contribution in [2.75, 3.05) is 0 Å². The van der Waals surface area contributed by atoms with Crippen LogP contribution in [0.4, 0.5) is 0 Å². The third kappa shape index (κ3) is 9.23. The maximum atomic E-state index is 10.2. The van der Waals surface area contributed by atoms with Gasteiger partial charge in [0.2, 0.25) is 0 Å². The molecule has 1 saturated carbocycles. The SMILES string of the molecule is Cc1c(C)c2cccnc2c2ncccc12.O.O=C(O)Cc1ccc(Br)cc1.[NH-]C1CCCC[C@@H]1[NH-].[Pt+2]. The normalized spacial score (nSPS) is 16.2. The van der Waals surface area contributed by atoms with Crippen molar-refractivity contribution in [1.29, 1.82) is 0 Å². The third-order valence-corrected chi connectivity index (χ3v) is 6.77. The second-order valence-electron chi connectivity index (χ2n) is 8.74. The molecule has 1 unspecified atom stereocenters. The molecule has 0 bridgehead atoms. The first-order valence-electron chi connectivity index (χ1n) is 11.7. The van der Waals surface area contributed by atoms with Crippen LogP contribution >= 0.6 is 15.9 Å². The van der Waals surface area contributed by atoms with Crippen molar-refractivity contribution in [1.82, 2.24) is 9.97 Å². The van der Waals surface area contributed by atoms with Crippen LogP contribution in [0.1, 0.15) is 42.4 Å². The second kappa shape index (κ2) is 15.9. The molecule has 0 saturated heterocycles. The first-order chi connectivity index (χ1) is 16.8. The average Bonchev–Trinajstić information content (AvgIpc) is 2.86. The minimum atomic E-state index is -0.799. The molecule has 9 heteroatoms. The molecule has 2 aromatic heterocycles. The number of hydrogen-bond acceptors (Lipinski definition) is 3. The molecule has 1 aliphatic carbocycles. The molecule has 37 heavy (non-hydrogen) atoms. The number of aryl methyl sites for hydroxylation is 2.